The second kappa shape index (κ2) is 4.39. The molecule has 0 aliphatic carbocycles. The van der Waals surface area contributed by atoms with Crippen molar-refractivity contribution >= 4 is 22.5 Å². The fraction of sp³-hybridized carbons (Fsp3) is 0.167. The third-order valence-corrected chi connectivity index (χ3v) is 2.44. The molecule has 0 atom stereocenters. The minimum atomic E-state index is 0.668. The topological polar surface area (TPSA) is 27.8 Å². The molecule has 0 saturated heterocycles. The van der Waals surface area contributed by atoms with Crippen molar-refractivity contribution in [3.8, 4) is 11.8 Å². The molecule has 15 heavy (non-hydrogen) atoms. The van der Waals surface area contributed by atoms with Crippen LogP contribution in [0.2, 0.25) is 5.02 Å². The summed E-state index contributed by atoms with van der Waals surface area (Å²) in [6.45, 7) is 0.668. The number of aromatic nitrogens is 1. The smallest absolute Gasteiger partial charge is 0.0583 e. The average Bonchev–Trinajstić information content (AvgIpc) is 2.65. The van der Waals surface area contributed by atoms with Crippen molar-refractivity contribution in [2.75, 3.05) is 13.6 Å². The Kier molecular flexibility index (Phi) is 2.96. The van der Waals surface area contributed by atoms with E-state index >= 15 is 0 Å². The molecule has 2 rings (SSSR count). The van der Waals surface area contributed by atoms with Gasteiger partial charge in [0.15, 0.2) is 0 Å². The number of rotatable bonds is 1. The Morgan fingerprint density at radius 2 is 2.33 bits per heavy atom. The number of H-pyrrole nitrogens is 1. The zero-order valence-electron chi connectivity index (χ0n) is 8.39. The minimum absolute atomic E-state index is 0.668. The summed E-state index contributed by atoms with van der Waals surface area (Å²) in [7, 11) is 1.87. The van der Waals surface area contributed by atoms with Gasteiger partial charge in [-0.25, -0.2) is 0 Å². The second-order valence-electron chi connectivity index (χ2n) is 3.23. The summed E-state index contributed by atoms with van der Waals surface area (Å²) in [5.41, 5.74) is 1.91. The van der Waals surface area contributed by atoms with Gasteiger partial charge in [-0.15, -0.1) is 0 Å². The van der Waals surface area contributed by atoms with Gasteiger partial charge in [0, 0.05) is 22.7 Å². The first-order valence-electron chi connectivity index (χ1n) is 4.71. The summed E-state index contributed by atoms with van der Waals surface area (Å²) < 4.78 is 0. The predicted octanol–water partition coefficient (Wildman–Crippen LogP) is 2.39. The summed E-state index contributed by atoms with van der Waals surface area (Å²) in [5, 5.41) is 4.79. The van der Waals surface area contributed by atoms with Crippen molar-refractivity contribution in [1.82, 2.24) is 10.3 Å². The largest absolute Gasteiger partial charge is 0.361 e. The van der Waals surface area contributed by atoms with Crippen LogP contribution in [-0.2, 0) is 0 Å². The maximum atomic E-state index is 6.10. The number of aromatic amines is 1. The molecule has 0 aliphatic heterocycles. The van der Waals surface area contributed by atoms with Crippen LogP contribution in [0.5, 0.6) is 0 Å². The van der Waals surface area contributed by atoms with Crippen molar-refractivity contribution in [3.05, 3.63) is 35.0 Å². The molecular formula is C12H11ClN2. The van der Waals surface area contributed by atoms with Crippen LogP contribution in [0.1, 0.15) is 5.56 Å². The van der Waals surface area contributed by atoms with Crippen LogP contribution in [0, 0.1) is 11.8 Å². The lowest BCUT2D eigenvalue weighted by molar-refractivity contribution is 0.938. The van der Waals surface area contributed by atoms with Crippen molar-refractivity contribution in [2.24, 2.45) is 0 Å². The number of hydrogen-bond donors (Lipinski definition) is 2. The van der Waals surface area contributed by atoms with Gasteiger partial charge in [0.1, 0.15) is 0 Å². The Hall–Kier alpha value is -1.43. The Labute approximate surface area is 93.6 Å². The summed E-state index contributed by atoms with van der Waals surface area (Å²) in [6.07, 6.45) is 1.89. The van der Waals surface area contributed by atoms with E-state index in [2.05, 4.69) is 22.1 Å². The van der Waals surface area contributed by atoms with Gasteiger partial charge < -0.3 is 10.3 Å². The van der Waals surface area contributed by atoms with Crippen molar-refractivity contribution in [2.45, 2.75) is 0 Å². The first-order chi connectivity index (χ1) is 7.31. The normalized spacial score (nSPS) is 10.0. The molecule has 76 valence electrons. The molecule has 0 saturated carbocycles. The summed E-state index contributed by atoms with van der Waals surface area (Å²) in [6, 6.07) is 5.91. The first-order valence-corrected chi connectivity index (χ1v) is 5.09. The van der Waals surface area contributed by atoms with Crippen LogP contribution in [0.15, 0.2) is 24.4 Å². The molecule has 0 aliphatic rings. The molecule has 0 amide bonds. The van der Waals surface area contributed by atoms with Gasteiger partial charge in [-0.3, -0.25) is 0 Å². The maximum Gasteiger partial charge on any atom is 0.0583 e. The molecule has 0 unspecified atom stereocenters. The van der Waals surface area contributed by atoms with E-state index in [0.29, 0.717) is 11.6 Å². The van der Waals surface area contributed by atoms with Crippen LogP contribution < -0.4 is 5.32 Å². The van der Waals surface area contributed by atoms with Crippen molar-refractivity contribution in [1.29, 1.82) is 0 Å². The first kappa shape index (κ1) is 10.1. The van der Waals surface area contributed by atoms with Crippen LogP contribution in [0.25, 0.3) is 10.9 Å². The molecule has 3 heteroatoms. The molecule has 2 nitrogen and oxygen atoms in total. The third kappa shape index (κ3) is 2.15. The maximum absolute atomic E-state index is 6.10. The molecule has 0 radical (unpaired) electrons. The highest BCUT2D eigenvalue weighted by Gasteiger charge is 2.00. The van der Waals surface area contributed by atoms with Gasteiger partial charge in [0.05, 0.1) is 11.6 Å². The number of halogens is 1. The molecule has 2 N–H and O–H groups in total. The standard InChI is InChI=1S/C12H11ClN2/c1-14-5-2-3-9-7-10-4-6-15-12(10)8-11(9)13/h4,6-8,14-15H,5H2,1H3. The van der Waals surface area contributed by atoms with Crippen LogP contribution in [0.3, 0.4) is 0 Å². The minimum Gasteiger partial charge on any atom is -0.361 e. The van der Waals surface area contributed by atoms with E-state index in [-0.39, 0.29) is 0 Å². The molecule has 1 aromatic heterocycles. The van der Waals surface area contributed by atoms with Crippen LogP contribution >= 0.6 is 11.6 Å². The van der Waals surface area contributed by atoms with E-state index < -0.39 is 0 Å². The average molecular weight is 219 g/mol. The van der Waals surface area contributed by atoms with E-state index in [1.54, 1.807) is 0 Å². The van der Waals surface area contributed by atoms with Gasteiger partial charge in [0.2, 0.25) is 0 Å². The van der Waals surface area contributed by atoms with Crippen molar-refractivity contribution < 1.29 is 0 Å². The Balaban J connectivity index is 2.43. The van der Waals surface area contributed by atoms with E-state index in [9.17, 15) is 0 Å². The van der Waals surface area contributed by atoms with Crippen LogP contribution in [0.4, 0.5) is 0 Å². The molecule has 0 fully saturated rings. The Morgan fingerprint density at radius 3 is 3.13 bits per heavy atom. The molecule has 1 heterocycles. The molecule has 0 spiro atoms. The number of fused-ring (bicyclic) bond motifs is 1. The fourth-order valence-electron chi connectivity index (χ4n) is 1.40. The fourth-order valence-corrected chi connectivity index (χ4v) is 1.61. The molecule has 0 bridgehead atoms. The highest BCUT2D eigenvalue weighted by molar-refractivity contribution is 6.32. The van der Waals surface area contributed by atoms with E-state index in [1.807, 2.05) is 31.4 Å². The summed E-state index contributed by atoms with van der Waals surface area (Å²) >= 11 is 6.10. The molecular weight excluding hydrogens is 208 g/mol. The van der Waals surface area contributed by atoms with Crippen LogP contribution in [-0.4, -0.2) is 18.6 Å². The lowest BCUT2D eigenvalue weighted by atomic mass is 10.1. The monoisotopic (exact) mass is 218 g/mol. The van der Waals surface area contributed by atoms with Crippen molar-refractivity contribution in [3.63, 3.8) is 0 Å². The third-order valence-electron chi connectivity index (χ3n) is 2.13. The van der Waals surface area contributed by atoms with Gasteiger partial charge >= 0.3 is 0 Å². The van der Waals surface area contributed by atoms with E-state index in [0.717, 1.165) is 16.5 Å². The number of hydrogen-bond acceptors (Lipinski definition) is 1. The number of nitrogens with one attached hydrogen (secondary N) is 2. The highest BCUT2D eigenvalue weighted by Crippen LogP contribution is 2.22. The van der Waals surface area contributed by atoms with Gasteiger partial charge in [-0.2, -0.15) is 0 Å². The van der Waals surface area contributed by atoms with Gasteiger partial charge in [-0.1, -0.05) is 23.4 Å². The van der Waals surface area contributed by atoms with Gasteiger partial charge in [-0.05, 0) is 25.2 Å². The second-order valence-corrected chi connectivity index (χ2v) is 3.64. The van der Waals surface area contributed by atoms with Gasteiger partial charge in [0.25, 0.3) is 0 Å². The summed E-state index contributed by atoms with van der Waals surface area (Å²) in [5.74, 6) is 6.03. The van der Waals surface area contributed by atoms with E-state index in [1.165, 1.54) is 0 Å². The number of benzene rings is 1. The Bertz CT molecular complexity index is 531. The SMILES string of the molecule is CNCC#Cc1cc2cc[nH]c2cc1Cl. The zero-order chi connectivity index (χ0) is 10.7. The zero-order valence-corrected chi connectivity index (χ0v) is 9.15. The molecule has 1 aromatic carbocycles. The summed E-state index contributed by atoms with van der Waals surface area (Å²) in [4.78, 5) is 3.11. The predicted molar refractivity (Wildman–Crippen MR) is 64.1 cm³/mol. The molecule has 2 aromatic rings. The lowest BCUT2D eigenvalue weighted by Gasteiger charge is -1.96. The van der Waals surface area contributed by atoms with E-state index in [4.69, 9.17) is 11.6 Å². The highest BCUT2D eigenvalue weighted by atomic mass is 35.5. The quantitative estimate of drug-likeness (QED) is 0.707. The lowest BCUT2D eigenvalue weighted by Crippen LogP contribution is -2.04. The Morgan fingerprint density at radius 1 is 1.47 bits per heavy atom.